The molecule has 0 rings (SSSR count). The fourth-order valence-electron chi connectivity index (χ4n) is 0.654. The minimum Gasteiger partial charge on any atom is -0.460 e. The number of ether oxygens (including phenoxy) is 2. The van der Waals surface area contributed by atoms with Gasteiger partial charge in [-0.3, -0.25) is 4.79 Å². The molecule has 0 fully saturated rings. The van der Waals surface area contributed by atoms with Gasteiger partial charge >= 0.3 is 11.9 Å². The molecule has 0 aliphatic heterocycles. The van der Waals surface area contributed by atoms with E-state index in [1.807, 2.05) is 0 Å². The highest BCUT2D eigenvalue weighted by molar-refractivity contribution is 5.73. The summed E-state index contributed by atoms with van der Waals surface area (Å²) in [6.45, 7) is 1.73. The molecule has 0 aromatic heterocycles. The fraction of sp³-hybridized carbons (Fsp3) is 0.750. The first kappa shape index (κ1) is 12.9. The van der Waals surface area contributed by atoms with E-state index in [2.05, 4.69) is 9.47 Å². The second kappa shape index (κ2) is 6.33. The van der Waals surface area contributed by atoms with Crippen molar-refractivity contribution in [3.8, 4) is 0 Å². The molecule has 0 aliphatic carbocycles. The summed E-state index contributed by atoms with van der Waals surface area (Å²) in [6.07, 6.45) is -2.11. The number of hydrogen-bond acceptors (Lipinski definition) is 6. The van der Waals surface area contributed by atoms with E-state index in [-0.39, 0.29) is 6.61 Å². The van der Waals surface area contributed by atoms with Crippen molar-refractivity contribution in [1.29, 1.82) is 0 Å². The molecule has 6 nitrogen and oxygen atoms in total. The molecule has 0 saturated heterocycles. The Morgan fingerprint density at radius 1 is 1.43 bits per heavy atom. The van der Waals surface area contributed by atoms with E-state index in [9.17, 15) is 9.59 Å². The van der Waals surface area contributed by atoms with Crippen molar-refractivity contribution in [2.75, 3.05) is 13.2 Å². The maximum atomic E-state index is 10.8. The minimum atomic E-state index is -1.23. The molecule has 2 N–H and O–H groups in total. The van der Waals surface area contributed by atoms with Gasteiger partial charge in [0.2, 0.25) is 0 Å². The Morgan fingerprint density at radius 3 is 2.36 bits per heavy atom. The van der Waals surface area contributed by atoms with Crippen molar-refractivity contribution < 1.29 is 29.3 Å². The van der Waals surface area contributed by atoms with Crippen LogP contribution in [0.5, 0.6) is 0 Å². The zero-order valence-corrected chi connectivity index (χ0v) is 8.10. The topological polar surface area (TPSA) is 93.1 Å². The standard InChI is InChI=1S/C8H14O6/c1-5(10)8(12)13-4-7(3-9)14-6(2)11/h5,7,9-10H,3-4H2,1-2H3. The van der Waals surface area contributed by atoms with Gasteiger partial charge in [-0.1, -0.05) is 0 Å². The van der Waals surface area contributed by atoms with E-state index >= 15 is 0 Å². The smallest absolute Gasteiger partial charge is 0.334 e. The van der Waals surface area contributed by atoms with Gasteiger partial charge in [0.05, 0.1) is 6.61 Å². The lowest BCUT2D eigenvalue weighted by atomic mass is 10.4. The largest absolute Gasteiger partial charge is 0.460 e. The van der Waals surface area contributed by atoms with E-state index in [0.29, 0.717) is 0 Å². The van der Waals surface area contributed by atoms with Gasteiger partial charge in [0, 0.05) is 6.92 Å². The number of aliphatic hydroxyl groups is 2. The third-order valence-corrected chi connectivity index (χ3v) is 1.29. The minimum absolute atomic E-state index is 0.264. The first-order chi connectivity index (χ1) is 6.47. The lowest BCUT2D eigenvalue weighted by Gasteiger charge is -2.14. The molecule has 6 heteroatoms. The first-order valence-electron chi connectivity index (χ1n) is 4.10. The molecule has 0 aromatic rings. The Morgan fingerprint density at radius 2 is 2.00 bits per heavy atom. The molecule has 0 amide bonds. The van der Waals surface area contributed by atoms with Crippen molar-refractivity contribution in [2.24, 2.45) is 0 Å². The van der Waals surface area contributed by atoms with Crippen molar-refractivity contribution in [1.82, 2.24) is 0 Å². The molecule has 2 atom stereocenters. The molecule has 0 radical (unpaired) electrons. The van der Waals surface area contributed by atoms with Crippen LogP contribution in [0, 0.1) is 0 Å². The molecule has 14 heavy (non-hydrogen) atoms. The number of hydrogen-bond donors (Lipinski definition) is 2. The molecule has 82 valence electrons. The van der Waals surface area contributed by atoms with E-state index in [1.54, 1.807) is 0 Å². The number of carbonyl (C=O) groups is 2. The summed E-state index contributed by atoms with van der Waals surface area (Å²) in [5, 5.41) is 17.4. The third-order valence-electron chi connectivity index (χ3n) is 1.29. The normalized spacial score (nSPS) is 14.3. The van der Waals surface area contributed by atoms with Gasteiger partial charge < -0.3 is 19.7 Å². The van der Waals surface area contributed by atoms with E-state index < -0.39 is 30.8 Å². The SMILES string of the molecule is CC(=O)OC(CO)COC(=O)C(C)O. The molecule has 0 heterocycles. The number of rotatable bonds is 5. The highest BCUT2D eigenvalue weighted by Crippen LogP contribution is 1.95. The van der Waals surface area contributed by atoms with Gasteiger partial charge in [-0.15, -0.1) is 0 Å². The molecule has 0 saturated carbocycles. The lowest BCUT2D eigenvalue weighted by molar-refractivity contribution is -0.164. The van der Waals surface area contributed by atoms with Crippen LogP contribution in [0.15, 0.2) is 0 Å². The van der Waals surface area contributed by atoms with Gasteiger partial charge in [0.15, 0.2) is 6.10 Å². The zero-order chi connectivity index (χ0) is 11.1. The van der Waals surface area contributed by atoms with Crippen LogP contribution >= 0.6 is 0 Å². The van der Waals surface area contributed by atoms with Crippen molar-refractivity contribution in [3.05, 3.63) is 0 Å². The van der Waals surface area contributed by atoms with E-state index in [0.717, 1.165) is 0 Å². The van der Waals surface area contributed by atoms with Gasteiger partial charge in [-0.25, -0.2) is 4.79 Å². The summed E-state index contributed by atoms with van der Waals surface area (Å²) in [5.74, 6) is -1.40. The van der Waals surface area contributed by atoms with Crippen LogP contribution in [0.25, 0.3) is 0 Å². The number of carbonyl (C=O) groups excluding carboxylic acids is 2. The molecular formula is C8H14O6. The predicted molar refractivity (Wildman–Crippen MR) is 45.3 cm³/mol. The molecule has 0 aliphatic rings. The zero-order valence-electron chi connectivity index (χ0n) is 8.10. The summed E-state index contributed by atoms with van der Waals surface area (Å²) < 4.78 is 9.11. The van der Waals surface area contributed by atoms with Gasteiger partial charge in [0.1, 0.15) is 12.7 Å². The van der Waals surface area contributed by atoms with Crippen LogP contribution in [-0.2, 0) is 19.1 Å². The second-order valence-electron chi connectivity index (χ2n) is 2.72. The van der Waals surface area contributed by atoms with E-state index in [4.69, 9.17) is 10.2 Å². The Hall–Kier alpha value is -1.14. The maximum Gasteiger partial charge on any atom is 0.334 e. The Kier molecular flexibility index (Phi) is 5.82. The Bertz CT molecular complexity index is 200. The predicted octanol–water partition coefficient (Wildman–Crippen LogP) is -1.17. The highest BCUT2D eigenvalue weighted by Gasteiger charge is 2.16. The highest BCUT2D eigenvalue weighted by atomic mass is 16.6. The maximum absolute atomic E-state index is 10.8. The van der Waals surface area contributed by atoms with Crippen molar-refractivity contribution >= 4 is 11.9 Å². The van der Waals surface area contributed by atoms with Crippen LogP contribution in [-0.4, -0.2) is 47.6 Å². The monoisotopic (exact) mass is 206 g/mol. The Balaban J connectivity index is 3.83. The lowest BCUT2D eigenvalue weighted by Crippen LogP contribution is -2.30. The molecule has 2 unspecified atom stereocenters. The van der Waals surface area contributed by atoms with Crippen molar-refractivity contribution in [2.45, 2.75) is 26.1 Å². The molecule has 0 aromatic carbocycles. The van der Waals surface area contributed by atoms with E-state index in [1.165, 1.54) is 13.8 Å². The number of esters is 2. The van der Waals surface area contributed by atoms with Gasteiger partial charge in [0.25, 0.3) is 0 Å². The molecule has 0 bridgehead atoms. The second-order valence-corrected chi connectivity index (χ2v) is 2.72. The van der Waals surface area contributed by atoms with Crippen LogP contribution in [0.4, 0.5) is 0 Å². The summed E-state index contributed by atoms with van der Waals surface area (Å²) in [5.41, 5.74) is 0. The molecule has 0 spiro atoms. The third kappa shape index (κ3) is 5.50. The average molecular weight is 206 g/mol. The van der Waals surface area contributed by atoms with Crippen molar-refractivity contribution in [3.63, 3.8) is 0 Å². The van der Waals surface area contributed by atoms with Crippen LogP contribution in [0.1, 0.15) is 13.8 Å². The van der Waals surface area contributed by atoms with Gasteiger partial charge in [-0.2, -0.15) is 0 Å². The van der Waals surface area contributed by atoms with Gasteiger partial charge in [-0.05, 0) is 6.92 Å². The fourth-order valence-corrected chi connectivity index (χ4v) is 0.654. The average Bonchev–Trinajstić information content (AvgIpc) is 2.10. The summed E-state index contributed by atoms with van der Waals surface area (Å²) in [6, 6.07) is 0. The van der Waals surface area contributed by atoms with Crippen LogP contribution in [0.3, 0.4) is 0 Å². The Labute approximate surface area is 81.4 Å². The first-order valence-corrected chi connectivity index (χ1v) is 4.10. The summed E-state index contributed by atoms with van der Waals surface area (Å²) in [7, 11) is 0. The quantitative estimate of drug-likeness (QED) is 0.551. The van der Waals surface area contributed by atoms with Crippen LogP contribution < -0.4 is 0 Å². The van der Waals surface area contributed by atoms with Crippen LogP contribution in [0.2, 0.25) is 0 Å². The summed E-state index contributed by atoms with van der Waals surface area (Å²) in [4.78, 5) is 21.2. The number of aliphatic hydroxyl groups excluding tert-OH is 2. The summed E-state index contributed by atoms with van der Waals surface area (Å²) >= 11 is 0. The molecular weight excluding hydrogens is 192 g/mol.